The first kappa shape index (κ1) is 62.4. The van der Waals surface area contributed by atoms with Gasteiger partial charge in [0.05, 0.1) is 0 Å². The van der Waals surface area contributed by atoms with E-state index >= 15 is 0 Å². The Morgan fingerprint density at radius 2 is 0.600 bits per heavy atom. The lowest BCUT2D eigenvalue weighted by atomic mass is 10.0. The van der Waals surface area contributed by atoms with Gasteiger partial charge in [0.15, 0.2) is 6.10 Å². The zero-order valence-corrected chi connectivity index (χ0v) is 43.3. The molecule has 6 nitrogen and oxygen atoms in total. The highest BCUT2D eigenvalue weighted by Crippen LogP contribution is 2.16. The van der Waals surface area contributed by atoms with Crippen LogP contribution in [-0.4, -0.2) is 37.2 Å². The topological polar surface area (TPSA) is 78.9 Å². The molecule has 0 unspecified atom stereocenters. The fraction of sp³-hybridized carbons (Fsp3) is 0.814. The van der Waals surface area contributed by atoms with Crippen molar-refractivity contribution in [2.45, 2.75) is 297 Å². The zero-order chi connectivity index (χ0) is 47.2. The van der Waals surface area contributed by atoms with Crippen molar-refractivity contribution in [3.05, 3.63) is 48.6 Å². The monoisotopic (exact) mass is 911 g/mol. The Kier molecular flexibility index (Phi) is 51.8. The Hall–Kier alpha value is -2.63. The normalized spacial score (nSPS) is 12.4. The van der Waals surface area contributed by atoms with Crippen molar-refractivity contribution in [2.24, 2.45) is 0 Å². The molecule has 0 saturated carbocycles. The predicted octanol–water partition coefficient (Wildman–Crippen LogP) is 18.7. The summed E-state index contributed by atoms with van der Waals surface area (Å²) in [6.45, 7) is 6.53. The Morgan fingerprint density at radius 3 is 0.954 bits per heavy atom. The van der Waals surface area contributed by atoms with Crippen LogP contribution in [0.2, 0.25) is 0 Å². The second-order valence-corrected chi connectivity index (χ2v) is 18.8. The molecular weight excluding hydrogens is 805 g/mol. The van der Waals surface area contributed by atoms with Crippen LogP contribution in [0.4, 0.5) is 0 Å². The first-order chi connectivity index (χ1) is 32.0. The maximum absolute atomic E-state index is 12.8. The molecule has 0 rings (SSSR count). The van der Waals surface area contributed by atoms with E-state index in [4.69, 9.17) is 14.2 Å². The number of hydrogen-bond donors (Lipinski definition) is 0. The van der Waals surface area contributed by atoms with Crippen LogP contribution in [0.15, 0.2) is 48.6 Å². The van der Waals surface area contributed by atoms with E-state index in [1.165, 1.54) is 154 Å². The molecule has 0 aliphatic rings. The minimum Gasteiger partial charge on any atom is -0.462 e. The molecule has 0 N–H and O–H groups in total. The maximum Gasteiger partial charge on any atom is 0.306 e. The van der Waals surface area contributed by atoms with Gasteiger partial charge in [-0.15, -0.1) is 0 Å². The largest absolute Gasteiger partial charge is 0.462 e. The molecule has 0 heterocycles. The van der Waals surface area contributed by atoms with Crippen molar-refractivity contribution >= 4 is 17.9 Å². The Labute approximate surface area is 403 Å². The molecule has 0 bridgehead atoms. The lowest BCUT2D eigenvalue weighted by molar-refractivity contribution is -0.167. The van der Waals surface area contributed by atoms with Gasteiger partial charge >= 0.3 is 17.9 Å². The molecule has 0 spiro atoms. The van der Waals surface area contributed by atoms with Gasteiger partial charge in [-0.1, -0.05) is 243 Å². The van der Waals surface area contributed by atoms with Gasteiger partial charge in [0.2, 0.25) is 0 Å². The van der Waals surface area contributed by atoms with E-state index in [1.54, 1.807) is 0 Å². The average molecular weight is 911 g/mol. The minimum atomic E-state index is -0.777. The van der Waals surface area contributed by atoms with Crippen LogP contribution < -0.4 is 0 Å². The van der Waals surface area contributed by atoms with Crippen molar-refractivity contribution < 1.29 is 28.6 Å². The summed E-state index contributed by atoms with van der Waals surface area (Å²) in [4.78, 5) is 38.0. The molecule has 0 aromatic rings. The lowest BCUT2D eigenvalue weighted by Crippen LogP contribution is -2.30. The lowest BCUT2D eigenvalue weighted by Gasteiger charge is -2.18. The van der Waals surface area contributed by atoms with Gasteiger partial charge in [0.25, 0.3) is 0 Å². The smallest absolute Gasteiger partial charge is 0.306 e. The first-order valence-electron chi connectivity index (χ1n) is 28.1. The van der Waals surface area contributed by atoms with Crippen LogP contribution in [0.1, 0.15) is 290 Å². The van der Waals surface area contributed by atoms with Gasteiger partial charge in [-0.2, -0.15) is 0 Å². The van der Waals surface area contributed by atoms with Gasteiger partial charge in [-0.25, -0.2) is 0 Å². The molecule has 0 radical (unpaired) electrons. The summed E-state index contributed by atoms with van der Waals surface area (Å²) in [5, 5.41) is 0. The zero-order valence-electron chi connectivity index (χ0n) is 43.3. The summed E-state index contributed by atoms with van der Waals surface area (Å²) in [5.41, 5.74) is 0. The third-order valence-electron chi connectivity index (χ3n) is 12.3. The van der Waals surface area contributed by atoms with Crippen molar-refractivity contribution in [1.29, 1.82) is 0 Å². The standard InChI is InChI=1S/C59H106O6/c1-4-7-10-13-16-19-22-24-26-27-28-29-30-31-33-35-38-41-44-47-50-53-59(62)65-56(54-63-57(60)51-48-45-42-39-36-21-18-15-12-9-6-3)55-64-58(61)52-49-46-43-40-37-34-32-25-23-20-17-14-11-8-5-2/h8,11,17,20,24-26,32,56H,4-7,9-10,12-16,18-19,21-23,27-31,33-55H2,1-3H3/b11-8-,20-17-,26-24-,32-25-/t56-/m0/s1. The summed E-state index contributed by atoms with van der Waals surface area (Å²) in [7, 11) is 0. The predicted molar refractivity (Wildman–Crippen MR) is 279 cm³/mol. The Bertz CT molecular complexity index is 1140. The molecule has 0 amide bonds. The number of hydrogen-bond acceptors (Lipinski definition) is 6. The van der Waals surface area contributed by atoms with Crippen LogP contribution in [-0.2, 0) is 28.6 Å². The molecule has 0 aromatic carbocycles. The van der Waals surface area contributed by atoms with Gasteiger partial charge in [0, 0.05) is 19.3 Å². The van der Waals surface area contributed by atoms with Crippen LogP contribution in [0.25, 0.3) is 0 Å². The van der Waals surface area contributed by atoms with Crippen LogP contribution in [0.3, 0.4) is 0 Å². The van der Waals surface area contributed by atoms with Gasteiger partial charge < -0.3 is 14.2 Å². The molecule has 65 heavy (non-hydrogen) atoms. The number of carbonyl (C=O) groups is 3. The van der Waals surface area contributed by atoms with Gasteiger partial charge in [0.1, 0.15) is 13.2 Å². The summed E-state index contributed by atoms with van der Waals surface area (Å²) >= 11 is 0. The highest BCUT2D eigenvalue weighted by molar-refractivity contribution is 5.71. The van der Waals surface area contributed by atoms with Crippen LogP contribution >= 0.6 is 0 Å². The van der Waals surface area contributed by atoms with Crippen LogP contribution in [0.5, 0.6) is 0 Å². The molecule has 0 fully saturated rings. The highest BCUT2D eigenvalue weighted by atomic mass is 16.6. The highest BCUT2D eigenvalue weighted by Gasteiger charge is 2.19. The van der Waals surface area contributed by atoms with Crippen molar-refractivity contribution in [3.63, 3.8) is 0 Å². The number of carbonyl (C=O) groups excluding carboxylic acids is 3. The fourth-order valence-electron chi connectivity index (χ4n) is 8.10. The van der Waals surface area contributed by atoms with Crippen molar-refractivity contribution in [3.8, 4) is 0 Å². The Morgan fingerprint density at radius 1 is 0.323 bits per heavy atom. The van der Waals surface area contributed by atoms with E-state index in [0.717, 1.165) is 96.3 Å². The SMILES string of the molecule is CC/C=C\C/C=C\C/C=C\CCCCCCCC(=O)OC[C@H](COC(=O)CCCCCCCCCCCCC)OC(=O)CCCCCCCCCCCCC/C=C\CCCCCCCC. The van der Waals surface area contributed by atoms with E-state index in [0.29, 0.717) is 19.3 Å². The van der Waals surface area contributed by atoms with E-state index in [9.17, 15) is 14.4 Å². The van der Waals surface area contributed by atoms with Crippen molar-refractivity contribution in [2.75, 3.05) is 13.2 Å². The number of esters is 3. The molecular formula is C59H106O6. The van der Waals surface area contributed by atoms with E-state index < -0.39 is 6.10 Å². The third kappa shape index (κ3) is 52.2. The van der Waals surface area contributed by atoms with Gasteiger partial charge in [-0.05, 0) is 77.0 Å². The van der Waals surface area contributed by atoms with E-state index in [-0.39, 0.29) is 31.1 Å². The molecule has 0 aliphatic heterocycles. The summed E-state index contributed by atoms with van der Waals surface area (Å²) in [5.74, 6) is -0.883. The molecule has 6 heteroatoms. The number of allylic oxidation sites excluding steroid dienone is 8. The minimum absolute atomic E-state index is 0.0761. The van der Waals surface area contributed by atoms with E-state index in [2.05, 4.69) is 69.4 Å². The second-order valence-electron chi connectivity index (χ2n) is 18.8. The summed E-state index contributed by atoms with van der Waals surface area (Å²) in [6, 6.07) is 0. The molecule has 0 aliphatic carbocycles. The number of unbranched alkanes of at least 4 members (excludes halogenated alkanes) is 32. The van der Waals surface area contributed by atoms with Crippen molar-refractivity contribution in [1.82, 2.24) is 0 Å². The molecule has 1 atom stereocenters. The Balaban J connectivity index is 4.31. The fourth-order valence-corrected chi connectivity index (χ4v) is 8.10. The second kappa shape index (κ2) is 54.0. The quantitative estimate of drug-likeness (QED) is 0.0262. The van der Waals surface area contributed by atoms with Crippen LogP contribution in [0, 0.1) is 0 Å². The number of rotatable bonds is 51. The molecule has 0 aromatic heterocycles. The van der Waals surface area contributed by atoms with E-state index in [1.807, 2.05) is 0 Å². The maximum atomic E-state index is 12.8. The summed E-state index contributed by atoms with van der Waals surface area (Å²) < 4.78 is 16.8. The molecule has 378 valence electrons. The molecule has 0 saturated heterocycles. The summed E-state index contributed by atoms with van der Waals surface area (Å²) in [6.07, 6.45) is 65.3. The van der Waals surface area contributed by atoms with Gasteiger partial charge in [-0.3, -0.25) is 14.4 Å². The third-order valence-corrected chi connectivity index (χ3v) is 12.3. The average Bonchev–Trinajstić information content (AvgIpc) is 3.30. The first-order valence-corrected chi connectivity index (χ1v) is 28.1. The number of ether oxygens (including phenoxy) is 3.